The minimum Gasteiger partial charge on any atom is -0.497 e. The lowest BCUT2D eigenvalue weighted by atomic mass is 10.1. The summed E-state index contributed by atoms with van der Waals surface area (Å²) >= 11 is 0. The molecule has 0 fully saturated rings. The highest BCUT2D eigenvalue weighted by Gasteiger charge is 2.37. The lowest BCUT2D eigenvalue weighted by Crippen LogP contribution is -2.29. The Morgan fingerprint density at radius 2 is 1.16 bits per heavy atom. The number of ether oxygens (including phenoxy) is 4. The minimum absolute atomic E-state index is 0.359. The normalized spacial score (nSPS) is 11.9. The first-order chi connectivity index (χ1) is 15.4. The van der Waals surface area contributed by atoms with Crippen LogP contribution in [-0.4, -0.2) is 40.3 Å². The summed E-state index contributed by atoms with van der Waals surface area (Å²) in [6, 6.07) is 17.0. The Bertz CT molecular complexity index is 1110. The topological polar surface area (TPSA) is 100 Å². The first-order valence-corrected chi connectivity index (χ1v) is 9.62. The number of fused-ring (bicyclic) bond motifs is 1. The van der Waals surface area contributed by atoms with E-state index in [9.17, 15) is 9.59 Å². The van der Waals surface area contributed by atoms with E-state index >= 15 is 0 Å². The van der Waals surface area contributed by atoms with E-state index in [-0.39, 0.29) is 11.8 Å². The van der Waals surface area contributed by atoms with Crippen molar-refractivity contribution in [2.75, 3.05) is 39.1 Å². The van der Waals surface area contributed by atoms with Gasteiger partial charge in [-0.05, 0) is 36.4 Å². The van der Waals surface area contributed by atoms with E-state index in [0.29, 0.717) is 39.8 Å². The fraction of sp³-hybridized carbons (Fsp3) is 0.167. The van der Waals surface area contributed by atoms with E-state index < -0.39 is 0 Å². The van der Waals surface area contributed by atoms with Gasteiger partial charge in [0.2, 0.25) is 0 Å². The van der Waals surface area contributed by atoms with Gasteiger partial charge in [0.1, 0.15) is 23.0 Å². The van der Waals surface area contributed by atoms with E-state index in [1.165, 1.54) is 14.2 Å². The molecule has 4 rings (SSSR count). The average Bonchev–Trinajstić information content (AvgIpc) is 3.09. The van der Waals surface area contributed by atoms with Crippen molar-refractivity contribution in [2.45, 2.75) is 0 Å². The van der Waals surface area contributed by atoms with Gasteiger partial charge in [0, 0.05) is 12.1 Å². The third-order valence-electron chi connectivity index (χ3n) is 4.86. The van der Waals surface area contributed by atoms with E-state index in [1.54, 1.807) is 74.9 Å². The number of nitrogens with two attached hydrogens (primary N) is 1. The summed E-state index contributed by atoms with van der Waals surface area (Å²) in [5.41, 5.74) is 7.36. The lowest BCUT2D eigenvalue weighted by molar-refractivity contribution is 0.0925. The van der Waals surface area contributed by atoms with Crippen LogP contribution in [0.15, 0.2) is 60.7 Å². The van der Waals surface area contributed by atoms with Gasteiger partial charge in [-0.2, -0.15) is 0 Å². The molecule has 0 spiro atoms. The molecule has 166 valence electrons. The summed E-state index contributed by atoms with van der Waals surface area (Å²) in [6.07, 6.45) is 0. The molecule has 0 radical (unpaired) electrons. The maximum absolute atomic E-state index is 12.5. The highest BCUT2D eigenvalue weighted by molar-refractivity contribution is 6.34. The van der Waals surface area contributed by atoms with E-state index in [0.717, 1.165) is 10.6 Å². The number of nitrogen functional groups attached to an aromatic ring is 1. The third-order valence-corrected chi connectivity index (χ3v) is 4.86. The zero-order valence-corrected chi connectivity index (χ0v) is 18.2. The number of amides is 2. The number of carbonyl (C=O) groups excluding carboxylic acids is 2. The fourth-order valence-corrected chi connectivity index (χ4v) is 3.22. The van der Waals surface area contributed by atoms with Crippen molar-refractivity contribution in [1.82, 2.24) is 0 Å². The first kappa shape index (κ1) is 22.5. The molecule has 0 aromatic heterocycles. The molecule has 2 N–H and O–H groups in total. The monoisotopic (exact) mass is 436 g/mol. The van der Waals surface area contributed by atoms with Crippen LogP contribution in [0.3, 0.4) is 0 Å². The Hall–Kier alpha value is -4.20. The van der Waals surface area contributed by atoms with Crippen LogP contribution < -0.4 is 29.6 Å². The highest BCUT2D eigenvalue weighted by Crippen LogP contribution is 2.37. The molecule has 8 nitrogen and oxygen atoms in total. The Labute approximate surface area is 186 Å². The molecule has 1 aliphatic rings. The summed E-state index contributed by atoms with van der Waals surface area (Å²) in [4.78, 5) is 26.1. The van der Waals surface area contributed by atoms with Crippen molar-refractivity contribution in [2.24, 2.45) is 0 Å². The molecule has 0 atom stereocenters. The summed E-state index contributed by atoms with van der Waals surface area (Å²) < 4.78 is 20.3. The third kappa shape index (κ3) is 4.29. The first-order valence-electron chi connectivity index (χ1n) is 9.62. The Kier molecular flexibility index (Phi) is 6.84. The number of nitrogens with zero attached hydrogens (tertiary/aromatic N) is 1. The predicted molar refractivity (Wildman–Crippen MR) is 121 cm³/mol. The number of methoxy groups -OCH3 is 4. The summed E-state index contributed by atoms with van der Waals surface area (Å²) in [7, 11) is 6.19. The van der Waals surface area contributed by atoms with Crippen LogP contribution in [0.1, 0.15) is 20.7 Å². The maximum atomic E-state index is 12.5. The largest absolute Gasteiger partial charge is 0.497 e. The van der Waals surface area contributed by atoms with Gasteiger partial charge < -0.3 is 24.7 Å². The van der Waals surface area contributed by atoms with Gasteiger partial charge in [-0.25, -0.2) is 4.90 Å². The van der Waals surface area contributed by atoms with Gasteiger partial charge in [0.15, 0.2) is 0 Å². The zero-order valence-electron chi connectivity index (χ0n) is 18.2. The van der Waals surface area contributed by atoms with E-state index in [2.05, 4.69) is 0 Å². The number of rotatable bonds is 5. The summed E-state index contributed by atoms with van der Waals surface area (Å²) in [5.74, 6) is 1.67. The molecule has 1 heterocycles. The summed E-state index contributed by atoms with van der Waals surface area (Å²) in [5, 5.41) is 0. The average molecular weight is 436 g/mol. The van der Waals surface area contributed by atoms with Crippen molar-refractivity contribution >= 4 is 23.2 Å². The highest BCUT2D eigenvalue weighted by atomic mass is 16.5. The second kappa shape index (κ2) is 9.74. The Balaban J connectivity index is 0.000000222. The minimum atomic E-state index is -0.359. The van der Waals surface area contributed by atoms with E-state index in [1.807, 2.05) is 0 Å². The molecule has 3 aromatic carbocycles. The van der Waals surface area contributed by atoms with Crippen LogP contribution in [0.4, 0.5) is 11.4 Å². The van der Waals surface area contributed by atoms with Crippen LogP contribution in [0, 0.1) is 0 Å². The number of benzene rings is 3. The molecule has 2 amide bonds. The number of hydrogen-bond donors (Lipinski definition) is 1. The van der Waals surface area contributed by atoms with Crippen LogP contribution >= 0.6 is 0 Å². The van der Waals surface area contributed by atoms with Gasteiger partial charge in [-0.15, -0.1) is 0 Å². The van der Waals surface area contributed by atoms with Gasteiger partial charge in [-0.3, -0.25) is 9.59 Å². The van der Waals surface area contributed by atoms with Gasteiger partial charge in [0.05, 0.1) is 50.9 Å². The van der Waals surface area contributed by atoms with Crippen molar-refractivity contribution in [3.8, 4) is 23.0 Å². The van der Waals surface area contributed by atoms with Gasteiger partial charge in [0.25, 0.3) is 11.8 Å². The molecule has 0 unspecified atom stereocenters. The Morgan fingerprint density at radius 3 is 1.62 bits per heavy atom. The smallest absolute Gasteiger partial charge is 0.266 e. The Morgan fingerprint density at radius 1 is 0.656 bits per heavy atom. The molecular weight excluding hydrogens is 412 g/mol. The predicted octanol–water partition coefficient (Wildman–Crippen LogP) is 3.79. The standard InChI is InChI=1S/C16H13NO4.C8H11NO2/c1-20-10-7-8-14(21-2)13(9-10)17-15(18)11-5-3-4-6-12(11)16(17)19;1-10-6-3-4-8(11-2)7(9)5-6/h3-9H,1-2H3;3-5H,9H2,1-2H3. The number of imide groups is 1. The quantitative estimate of drug-likeness (QED) is 0.480. The van der Waals surface area contributed by atoms with Crippen molar-refractivity contribution < 1.29 is 28.5 Å². The second-order valence-corrected chi connectivity index (χ2v) is 6.64. The van der Waals surface area contributed by atoms with Gasteiger partial charge in [-0.1, -0.05) is 12.1 Å². The lowest BCUT2D eigenvalue weighted by Gasteiger charge is -2.18. The summed E-state index contributed by atoms with van der Waals surface area (Å²) in [6.45, 7) is 0. The van der Waals surface area contributed by atoms with E-state index in [4.69, 9.17) is 24.7 Å². The van der Waals surface area contributed by atoms with Crippen LogP contribution in [-0.2, 0) is 0 Å². The zero-order chi connectivity index (χ0) is 23.3. The maximum Gasteiger partial charge on any atom is 0.266 e. The molecule has 32 heavy (non-hydrogen) atoms. The molecule has 3 aromatic rings. The molecule has 0 bridgehead atoms. The number of hydrogen-bond acceptors (Lipinski definition) is 7. The molecule has 0 aliphatic carbocycles. The molecule has 8 heteroatoms. The second-order valence-electron chi connectivity index (χ2n) is 6.64. The van der Waals surface area contributed by atoms with Gasteiger partial charge >= 0.3 is 0 Å². The van der Waals surface area contributed by atoms with Crippen LogP contribution in [0.25, 0.3) is 0 Å². The number of carbonyl (C=O) groups is 2. The van der Waals surface area contributed by atoms with Crippen molar-refractivity contribution in [1.29, 1.82) is 0 Å². The molecular formula is C24H24N2O6. The van der Waals surface area contributed by atoms with Crippen molar-refractivity contribution in [3.63, 3.8) is 0 Å². The SMILES string of the molecule is COc1ccc(OC)c(N)c1.COc1ccc(OC)c(N2C(=O)c3ccccc3C2=O)c1. The molecule has 1 aliphatic heterocycles. The van der Waals surface area contributed by atoms with Crippen LogP contribution in [0.5, 0.6) is 23.0 Å². The fourth-order valence-electron chi connectivity index (χ4n) is 3.22. The van der Waals surface area contributed by atoms with Crippen molar-refractivity contribution in [3.05, 3.63) is 71.8 Å². The molecule has 0 saturated heterocycles. The molecule has 0 saturated carbocycles. The number of anilines is 2. The van der Waals surface area contributed by atoms with Crippen LogP contribution in [0.2, 0.25) is 0 Å².